The number of hydrogen-bond donors (Lipinski definition) is 3. The molecule has 2 saturated carbocycles. The Labute approximate surface area is 176 Å². The number of aliphatic imine (C=N–C) groups is 1. The Morgan fingerprint density at radius 1 is 1.31 bits per heavy atom. The van der Waals surface area contributed by atoms with Crippen molar-refractivity contribution in [2.75, 3.05) is 20.1 Å². The van der Waals surface area contributed by atoms with Crippen molar-refractivity contribution in [3.05, 3.63) is 35.2 Å². The first-order chi connectivity index (χ1) is 12.2. The van der Waals surface area contributed by atoms with Gasteiger partial charge in [-0.25, -0.2) is 0 Å². The average molecular weight is 485 g/mol. The van der Waals surface area contributed by atoms with Crippen LogP contribution in [0.5, 0.6) is 0 Å². The number of guanidine groups is 1. The molecule has 2 aliphatic rings. The van der Waals surface area contributed by atoms with Crippen molar-refractivity contribution in [2.24, 2.45) is 16.3 Å². The molecule has 0 saturated heterocycles. The first-order valence-electron chi connectivity index (χ1n) is 9.31. The summed E-state index contributed by atoms with van der Waals surface area (Å²) in [5.41, 5.74) is 0.516. The minimum atomic E-state index is -0.517. The summed E-state index contributed by atoms with van der Waals surface area (Å²) < 4.78 is 1.22. The van der Waals surface area contributed by atoms with E-state index in [4.69, 9.17) is 0 Å². The van der Waals surface area contributed by atoms with E-state index in [0.717, 1.165) is 23.3 Å². The maximum Gasteiger partial charge on any atom is 0.191 e. The second kappa shape index (κ2) is 8.44. The minimum Gasteiger partial charge on any atom is -0.386 e. The number of thiophene rings is 1. The van der Waals surface area contributed by atoms with Crippen LogP contribution in [0, 0.1) is 11.3 Å². The van der Waals surface area contributed by atoms with E-state index in [-0.39, 0.29) is 24.0 Å². The van der Waals surface area contributed by atoms with Crippen LogP contribution in [0.25, 0.3) is 10.1 Å². The first kappa shape index (κ1) is 19.9. The molecule has 4 rings (SSSR count). The van der Waals surface area contributed by atoms with Gasteiger partial charge in [0.15, 0.2) is 5.96 Å². The van der Waals surface area contributed by atoms with Crippen molar-refractivity contribution in [3.8, 4) is 0 Å². The highest BCUT2D eigenvalue weighted by atomic mass is 127. The van der Waals surface area contributed by atoms with Crippen LogP contribution < -0.4 is 10.6 Å². The molecule has 26 heavy (non-hydrogen) atoms. The third-order valence-electron chi connectivity index (χ3n) is 5.86. The molecule has 142 valence electrons. The summed E-state index contributed by atoms with van der Waals surface area (Å²) >= 11 is 1.66. The van der Waals surface area contributed by atoms with E-state index < -0.39 is 6.10 Å². The van der Waals surface area contributed by atoms with Crippen molar-refractivity contribution >= 4 is 51.4 Å². The van der Waals surface area contributed by atoms with E-state index in [1.54, 1.807) is 18.4 Å². The second-order valence-corrected chi connectivity index (χ2v) is 8.61. The Kier molecular flexibility index (Phi) is 6.45. The molecule has 2 fully saturated rings. The Morgan fingerprint density at radius 3 is 2.69 bits per heavy atom. The Hall–Kier alpha value is -0.860. The number of rotatable bonds is 6. The van der Waals surface area contributed by atoms with Crippen LogP contribution in [-0.4, -0.2) is 31.2 Å². The monoisotopic (exact) mass is 485 g/mol. The van der Waals surface area contributed by atoms with Gasteiger partial charge in [-0.3, -0.25) is 4.99 Å². The van der Waals surface area contributed by atoms with Crippen LogP contribution in [0.1, 0.15) is 43.1 Å². The molecule has 2 aromatic rings. The van der Waals surface area contributed by atoms with E-state index in [0.29, 0.717) is 12.0 Å². The third-order valence-corrected chi connectivity index (χ3v) is 7.08. The van der Waals surface area contributed by atoms with E-state index in [9.17, 15) is 5.11 Å². The van der Waals surface area contributed by atoms with E-state index in [2.05, 4.69) is 33.8 Å². The van der Waals surface area contributed by atoms with Crippen molar-refractivity contribution in [1.29, 1.82) is 0 Å². The van der Waals surface area contributed by atoms with Gasteiger partial charge in [-0.1, -0.05) is 24.6 Å². The predicted molar refractivity (Wildman–Crippen MR) is 121 cm³/mol. The fraction of sp³-hybridized carbons (Fsp3) is 0.550. The van der Waals surface area contributed by atoms with Gasteiger partial charge in [0.25, 0.3) is 0 Å². The molecule has 3 N–H and O–H groups in total. The summed E-state index contributed by atoms with van der Waals surface area (Å²) in [6.45, 7) is 1.49. The van der Waals surface area contributed by atoms with Gasteiger partial charge in [-0.15, -0.1) is 35.3 Å². The van der Waals surface area contributed by atoms with Gasteiger partial charge in [0, 0.05) is 29.7 Å². The number of fused-ring (bicyclic) bond motifs is 1. The van der Waals surface area contributed by atoms with Gasteiger partial charge in [-0.05, 0) is 54.5 Å². The standard InChI is InChI=1S/C20H27N3OS.HI/c1-21-19(23-13-20(9-4-10-20)15-7-8-15)22-12-16(24)18-11-14-5-2-3-6-17(14)25-18;/h2-3,5-6,11,15-16,24H,4,7-10,12-13H2,1H3,(H2,21,22,23);1H. The van der Waals surface area contributed by atoms with Crippen LogP contribution >= 0.6 is 35.3 Å². The van der Waals surface area contributed by atoms with Crippen LogP contribution in [0.3, 0.4) is 0 Å². The zero-order valence-electron chi connectivity index (χ0n) is 15.2. The maximum absolute atomic E-state index is 10.5. The highest BCUT2D eigenvalue weighted by molar-refractivity contribution is 14.0. The third kappa shape index (κ3) is 4.17. The Balaban J connectivity index is 0.00000196. The molecule has 6 heteroatoms. The summed E-state index contributed by atoms with van der Waals surface area (Å²) in [6, 6.07) is 10.3. The molecule has 2 aliphatic carbocycles. The number of benzene rings is 1. The summed E-state index contributed by atoms with van der Waals surface area (Å²) in [5.74, 6) is 1.73. The van der Waals surface area contributed by atoms with Crippen LogP contribution in [0.15, 0.2) is 35.3 Å². The average Bonchev–Trinajstić information content (AvgIpc) is 3.34. The van der Waals surface area contributed by atoms with E-state index >= 15 is 0 Å². The molecule has 1 aromatic carbocycles. The molecular weight excluding hydrogens is 457 g/mol. The molecule has 1 unspecified atom stereocenters. The van der Waals surface area contributed by atoms with Gasteiger partial charge in [0.05, 0.1) is 0 Å². The van der Waals surface area contributed by atoms with Crippen LogP contribution in [0.4, 0.5) is 0 Å². The predicted octanol–water partition coefficient (Wildman–Crippen LogP) is 4.30. The lowest BCUT2D eigenvalue weighted by Crippen LogP contribution is -2.48. The zero-order valence-corrected chi connectivity index (χ0v) is 18.3. The number of nitrogens with zero attached hydrogens (tertiary/aromatic N) is 1. The number of aliphatic hydroxyl groups is 1. The molecule has 0 spiro atoms. The Morgan fingerprint density at radius 2 is 2.08 bits per heavy atom. The Bertz CT molecular complexity index is 734. The lowest BCUT2D eigenvalue weighted by molar-refractivity contribution is 0.105. The van der Waals surface area contributed by atoms with Crippen molar-refractivity contribution in [2.45, 2.75) is 38.2 Å². The molecule has 1 atom stereocenters. The topological polar surface area (TPSA) is 56.7 Å². The van der Waals surface area contributed by atoms with Crippen molar-refractivity contribution in [3.63, 3.8) is 0 Å². The van der Waals surface area contributed by atoms with E-state index in [1.807, 2.05) is 12.1 Å². The summed E-state index contributed by atoms with van der Waals surface area (Å²) in [6.07, 6.45) is 6.36. The fourth-order valence-electron chi connectivity index (χ4n) is 4.00. The zero-order chi connectivity index (χ0) is 17.3. The maximum atomic E-state index is 10.5. The molecule has 1 heterocycles. The molecule has 4 nitrogen and oxygen atoms in total. The first-order valence-corrected chi connectivity index (χ1v) is 10.1. The second-order valence-electron chi connectivity index (χ2n) is 7.50. The highest BCUT2D eigenvalue weighted by Gasteiger charge is 2.48. The van der Waals surface area contributed by atoms with Crippen molar-refractivity contribution < 1.29 is 5.11 Å². The van der Waals surface area contributed by atoms with Crippen LogP contribution in [0.2, 0.25) is 0 Å². The van der Waals surface area contributed by atoms with Gasteiger partial charge < -0.3 is 15.7 Å². The van der Waals surface area contributed by atoms with Gasteiger partial charge in [0.2, 0.25) is 0 Å². The lowest BCUT2D eigenvalue weighted by Gasteiger charge is -2.43. The molecule has 0 amide bonds. The largest absolute Gasteiger partial charge is 0.386 e. The normalized spacial score (nSPS) is 20.2. The van der Waals surface area contributed by atoms with E-state index in [1.165, 1.54) is 42.2 Å². The minimum absolute atomic E-state index is 0. The highest BCUT2D eigenvalue weighted by Crippen LogP contribution is 2.56. The van der Waals surface area contributed by atoms with Crippen molar-refractivity contribution in [1.82, 2.24) is 10.6 Å². The van der Waals surface area contributed by atoms with Gasteiger partial charge >= 0.3 is 0 Å². The number of hydrogen-bond acceptors (Lipinski definition) is 3. The van der Waals surface area contributed by atoms with Crippen LogP contribution in [-0.2, 0) is 0 Å². The molecular formula is C20H28IN3OS. The van der Waals surface area contributed by atoms with Gasteiger partial charge in [-0.2, -0.15) is 0 Å². The molecule has 0 bridgehead atoms. The van der Waals surface area contributed by atoms with Gasteiger partial charge in [0.1, 0.15) is 6.10 Å². The molecule has 0 aliphatic heterocycles. The SMILES string of the molecule is CN=C(NCC(O)c1cc2ccccc2s1)NCC1(C2CC2)CCC1.I. The molecule has 1 aromatic heterocycles. The smallest absolute Gasteiger partial charge is 0.191 e. The quantitative estimate of drug-likeness (QED) is 0.325. The number of nitrogens with one attached hydrogen (secondary N) is 2. The number of halogens is 1. The summed E-state index contributed by atoms with van der Waals surface area (Å²) in [4.78, 5) is 5.32. The summed E-state index contributed by atoms with van der Waals surface area (Å²) in [7, 11) is 1.80. The lowest BCUT2D eigenvalue weighted by atomic mass is 9.65. The summed E-state index contributed by atoms with van der Waals surface area (Å²) in [5, 5.41) is 18.5. The fourth-order valence-corrected chi connectivity index (χ4v) is 5.05. The molecule has 0 radical (unpaired) electrons. The number of aliphatic hydroxyl groups excluding tert-OH is 1.